The normalized spacial score (nSPS) is 13.1. The van der Waals surface area contributed by atoms with Crippen LogP contribution in [0.4, 0.5) is 9.39 Å². The Morgan fingerprint density at radius 1 is 1.20 bits per heavy atom. The van der Waals surface area contributed by atoms with Gasteiger partial charge in [-0.1, -0.05) is 11.8 Å². The van der Waals surface area contributed by atoms with Gasteiger partial charge in [-0.15, -0.1) is 21.5 Å². The van der Waals surface area contributed by atoms with E-state index in [1.54, 1.807) is 36.6 Å². The molecule has 13 heteroatoms. The van der Waals surface area contributed by atoms with Crippen LogP contribution in [0.2, 0.25) is 0 Å². The second-order valence-corrected chi connectivity index (χ2v) is 11.3. The number of carbonyl (C=O) groups excluding carboxylic acids is 3. The second kappa shape index (κ2) is 12.0. The molecule has 0 spiro atoms. The highest BCUT2D eigenvalue weighted by Crippen LogP contribution is 2.40. The van der Waals surface area contributed by atoms with Crippen LogP contribution in [-0.2, 0) is 28.9 Å². The van der Waals surface area contributed by atoms with Gasteiger partial charge in [-0.2, -0.15) is 0 Å². The van der Waals surface area contributed by atoms with Crippen molar-refractivity contribution in [2.75, 3.05) is 11.9 Å². The average molecular weight is 584 g/mol. The number of esters is 1. The Morgan fingerprint density at radius 2 is 2.00 bits per heavy atom. The minimum atomic E-state index is -0.638. The van der Waals surface area contributed by atoms with Gasteiger partial charge in [0.2, 0.25) is 5.91 Å². The minimum absolute atomic E-state index is 0.00863. The van der Waals surface area contributed by atoms with E-state index in [1.807, 2.05) is 0 Å². The largest absolute Gasteiger partial charge is 0.462 e. The molecule has 3 heterocycles. The average Bonchev–Trinajstić information content (AvgIpc) is 3.73. The summed E-state index contributed by atoms with van der Waals surface area (Å²) in [6.07, 6.45) is 4.01. The molecule has 1 aliphatic rings. The quantitative estimate of drug-likeness (QED) is 0.202. The fourth-order valence-corrected chi connectivity index (χ4v) is 6.50. The number of hydrogen-bond acceptors (Lipinski definition) is 9. The lowest BCUT2D eigenvalue weighted by Crippen LogP contribution is -2.25. The number of hydrogen-bond donors (Lipinski definition) is 2. The molecule has 5 rings (SSSR count). The Labute approximate surface area is 237 Å². The zero-order valence-electron chi connectivity index (χ0n) is 21.7. The van der Waals surface area contributed by atoms with Gasteiger partial charge >= 0.3 is 5.97 Å². The number of thiophene rings is 1. The Kier molecular flexibility index (Phi) is 8.31. The molecule has 40 heavy (non-hydrogen) atoms. The zero-order chi connectivity index (χ0) is 28.2. The number of amides is 2. The van der Waals surface area contributed by atoms with Gasteiger partial charge in [-0.05, 0) is 75.1 Å². The fourth-order valence-electron chi connectivity index (χ4n) is 4.33. The van der Waals surface area contributed by atoms with Crippen molar-refractivity contribution >= 4 is 45.9 Å². The lowest BCUT2D eigenvalue weighted by molar-refractivity contribution is -0.115. The smallest absolute Gasteiger partial charge is 0.341 e. The van der Waals surface area contributed by atoms with Crippen molar-refractivity contribution in [1.29, 1.82) is 0 Å². The molecule has 4 aromatic rings. The van der Waals surface area contributed by atoms with Gasteiger partial charge in [0.1, 0.15) is 10.8 Å². The molecule has 2 amide bonds. The lowest BCUT2D eigenvalue weighted by atomic mass is 10.1. The van der Waals surface area contributed by atoms with E-state index in [9.17, 15) is 18.8 Å². The molecule has 2 N–H and O–H groups in total. The maximum atomic E-state index is 13.7. The molecule has 208 valence electrons. The molecule has 1 aromatic carbocycles. The summed E-state index contributed by atoms with van der Waals surface area (Å²) in [5.74, 6) is -1.07. The Balaban J connectivity index is 1.36. The van der Waals surface area contributed by atoms with Crippen molar-refractivity contribution in [3.8, 4) is 5.69 Å². The van der Waals surface area contributed by atoms with Crippen molar-refractivity contribution in [2.24, 2.45) is 0 Å². The summed E-state index contributed by atoms with van der Waals surface area (Å²) >= 11 is 2.56. The van der Waals surface area contributed by atoms with Crippen LogP contribution in [0.5, 0.6) is 0 Å². The highest BCUT2D eigenvalue weighted by molar-refractivity contribution is 8.00. The number of carbonyl (C=O) groups is 3. The lowest BCUT2D eigenvalue weighted by Gasteiger charge is -2.14. The van der Waals surface area contributed by atoms with Gasteiger partial charge in [-0.25, -0.2) is 9.18 Å². The van der Waals surface area contributed by atoms with Crippen LogP contribution in [0, 0.1) is 5.82 Å². The molecule has 0 fully saturated rings. The molecular formula is C27H26FN5O5S2. The summed E-state index contributed by atoms with van der Waals surface area (Å²) in [5, 5.41) is 14.3. The van der Waals surface area contributed by atoms with Crippen molar-refractivity contribution < 1.29 is 27.9 Å². The van der Waals surface area contributed by atoms with E-state index in [-0.39, 0.29) is 24.8 Å². The monoisotopic (exact) mass is 583 g/mol. The van der Waals surface area contributed by atoms with E-state index in [2.05, 4.69) is 20.8 Å². The molecule has 0 saturated heterocycles. The highest BCUT2D eigenvalue weighted by Gasteiger charge is 2.30. The first-order valence-electron chi connectivity index (χ1n) is 12.7. The van der Waals surface area contributed by atoms with E-state index >= 15 is 0 Å². The van der Waals surface area contributed by atoms with E-state index in [1.165, 1.54) is 35.8 Å². The van der Waals surface area contributed by atoms with Crippen molar-refractivity contribution in [3.05, 3.63) is 76.1 Å². The number of benzene rings is 1. The molecule has 1 atom stereocenters. The molecular weight excluding hydrogens is 557 g/mol. The van der Waals surface area contributed by atoms with Crippen LogP contribution in [0.25, 0.3) is 5.69 Å². The minimum Gasteiger partial charge on any atom is -0.462 e. The van der Waals surface area contributed by atoms with Crippen LogP contribution in [0.15, 0.2) is 52.2 Å². The Bertz CT molecular complexity index is 1530. The summed E-state index contributed by atoms with van der Waals surface area (Å²) in [5.41, 5.74) is 1.95. The molecule has 0 saturated carbocycles. The predicted octanol–water partition coefficient (Wildman–Crippen LogP) is 4.78. The van der Waals surface area contributed by atoms with Gasteiger partial charge in [-0.3, -0.25) is 14.2 Å². The zero-order valence-corrected chi connectivity index (χ0v) is 23.4. The SMILES string of the molecule is CCOC(=O)c1c(NC(=O)[C@H](C)Sc2nnc(CNC(=O)c3ccco3)n2-c2ccc(F)cc2)sc2c1CCC2. The van der Waals surface area contributed by atoms with E-state index < -0.39 is 22.9 Å². The third kappa shape index (κ3) is 5.80. The summed E-state index contributed by atoms with van der Waals surface area (Å²) in [6.45, 7) is 3.71. The Morgan fingerprint density at radius 3 is 2.73 bits per heavy atom. The number of aromatic nitrogens is 3. The molecule has 0 aliphatic heterocycles. The van der Waals surface area contributed by atoms with Gasteiger partial charge in [0.05, 0.1) is 30.2 Å². The summed E-state index contributed by atoms with van der Waals surface area (Å²) in [6, 6.07) is 8.87. The second-order valence-electron chi connectivity index (χ2n) is 8.90. The van der Waals surface area contributed by atoms with Crippen molar-refractivity contribution in [1.82, 2.24) is 20.1 Å². The molecule has 10 nitrogen and oxygen atoms in total. The first-order valence-corrected chi connectivity index (χ1v) is 14.4. The standard InChI is InChI=1S/C27H26FN5O5S2/c1-3-37-26(36)22-18-6-4-8-20(18)40-25(22)30-23(34)15(2)39-27-32-31-21(14-29-24(35)19-7-5-13-38-19)33(27)17-11-9-16(28)10-12-17/h5,7,9-13,15H,3-4,6,8,14H2,1-2H3,(H,29,35)(H,30,34)/t15-/m0/s1. The number of anilines is 1. The number of aryl methyl sites for hydroxylation is 1. The molecule has 0 bridgehead atoms. The molecule has 0 unspecified atom stereocenters. The van der Waals surface area contributed by atoms with Crippen molar-refractivity contribution in [3.63, 3.8) is 0 Å². The topological polar surface area (TPSA) is 128 Å². The number of rotatable bonds is 10. The summed E-state index contributed by atoms with van der Waals surface area (Å²) < 4.78 is 25.7. The van der Waals surface area contributed by atoms with E-state index in [0.717, 1.165) is 41.5 Å². The molecule has 0 radical (unpaired) electrons. The summed E-state index contributed by atoms with van der Waals surface area (Å²) in [7, 11) is 0. The van der Waals surface area contributed by atoms with Gasteiger partial charge in [0, 0.05) is 10.6 Å². The molecule has 3 aromatic heterocycles. The van der Waals surface area contributed by atoms with Crippen LogP contribution in [-0.4, -0.2) is 44.4 Å². The third-order valence-electron chi connectivity index (χ3n) is 6.23. The van der Waals surface area contributed by atoms with E-state index in [4.69, 9.17) is 9.15 Å². The number of furan rings is 1. The predicted molar refractivity (Wildman–Crippen MR) is 147 cm³/mol. The van der Waals surface area contributed by atoms with Gasteiger partial charge < -0.3 is 19.8 Å². The van der Waals surface area contributed by atoms with Crippen LogP contribution < -0.4 is 10.6 Å². The maximum Gasteiger partial charge on any atom is 0.341 e. The number of nitrogens with zero attached hydrogens (tertiary/aromatic N) is 3. The highest BCUT2D eigenvalue weighted by atomic mass is 32.2. The fraction of sp³-hybridized carbons (Fsp3) is 0.296. The maximum absolute atomic E-state index is 13.7. The van der Waals surface area contributed by atoms with Crippen LogP contribution >= 0.6 is 23.1 Å². The number of thioether (sulfide) groups is 1. The van der Waals surface area contributed by atoms with Crippen molar-refractivity contribution in [2.45, 2.75) is 50.1 Å². The van der Waals surface area contributed by atoms with Gasteiger partial charge in [0.25, 0.3) is 5.91 Å². The summed E-state index contributed by atoms with van der Waals surface area (Å²) in [4.78, 5) is 39.4. The number of fused-ring (bicyclic) bond motifs is 1. The molecule has 1 aliphatic carbocycles. The van der Waals surface area contributed by atoms with Crippen LogP contribution in [0.3, 0.4) is 0 Å². The first kappa shape index (κ1) is 27.6. The van der Waals surface area contributed by atoms with E-state index in [0.29, 0.717) is 27.2 Å². The van der Waals surface area contributed by atoms with Crippen LogP contribution in [0.1, 0.15) is 57.4 Å². The number of ether oxygens (including phenoxy) is 1. The third-order valence-corrected chi connectivity index (χ3v) is 8.48. The first-order chi connectivity index (χ1) is 19.4. The van der Waals surface area contributed by atoms with Gasteiger partial charge in [0.15, 0.2) is 16.7 Å². The number of halogens is 1. The Hall–Kier alpha value is -3.97. The number of nitrogens with one attached hydrogen (secondary N) is 2.